The fourth-order valence-corrected chi connectivity index (χ4v) is 4.64. The van der Waals surface area contributed by atoms with Crippen LogP contribution in [-0.2, 0) is 14.8 Å². The third kappa shape index (κ3) is 3.14. The number of nitriles is 1. The standard InChI is InChI=1S/C18H17N3O4S/c1-25-15-8-6-13(7-9-15)17-18(22)20-10-11-21(17)26(23,24)16-5-3-2-4-14(16)12-19/h2-9,17H,10-11H2,1H3,(H,20,22). The van der Waals surface area contributed by atoms with Crippen molar-refractivity contribution in [1.29, 1.82) is 5.26 Å². The summed E-state index contributed by atoms with van der Waals surface area (Å²) in [5.74, 6) is 0.202. The molecule has 1 N–H and O–H groups in total. The predicted octanol–water partition coefficient (Wildman–Crippen LogP) is 1.43. The normalized spacial score (nSPS) is 18.0. The van der Waals surface area contributed by atoms with E-state index in [1.165, 1.54) is 19.2 Å². The Bertz CT molecular complexity index is 965. The molecule has 7 nitrogen and oxygen atoms in total. The van der Waals surface area contributed by atoms with Crippen molar-refractivity contribution in [2.45, 2.75) is 10.9 Å². The number of amides is 1. The number of nitrogens with one attached hydrogen (secondary N) is 1. The first-order valence-corrected chi connectivity index (χ1v) is 9.35. The van der Waals surface area contributed by atoms with Gasteiger partial charge in [0.2, 0.25) is 15.9 Å². The molecule has 2 aromatic rings. The zero-order valence-corrected chi connectivity index (χ0v) is 14.9. The van der Waals surface area contributed by atoms with Gasteiger partial charge in [0, 0.05) is 13.1 Å². The van der Waals surface area contributed by atoms with Crippen molar-refractivity contribution in [3.05, 3.63) is 59.7 Å². The van der Waals surface area contributed by atoms with Crippen molar-refractivity contribution in [1.82, 2.24) is 9.62 Å². The van der Waals surface area contributed by atoms with Gasteiger partial charge in [-0.1, -0.05) is 24.3 Å². The summed E-state index contributed by atoms with van der Waals surface area (Å²) in [6.07, 6.45) is 0. The zero-order valence-electron chi connectivity index (χ0n) is 14.0. The lowest BCUT2D eigenvalue weighted by Gasteiger charge is -2.34. The molecule has 0 saturated carbocycles. The average Bonchev–Trinajstić information content (AvgIpc) is 2.68. The van der Waals surface area contributed by atoms with Crippen LogP contribution in [0, 0.1) is 11.3 Å². The van der Waals surface area contributed by atoms with Gasteiger partial charge in [-0.05, 0) is 29.8 Å². The molecule has 26 heavy (non-hydrogen) atoms. The highest BCUT2D eigenvalue weighted by Gasteiger charge is 2.40. The number of hydrogen-bond acceptors (Lipinski definition) is 5. The van der Waals surface area contributed by atoms with Crippen molar-refractivity contribution in [3.8, 4) is 11.8 Å². The van der Waals surface area contributed by atoms with E-state index >= 15 is 0 Å². The van der Waals surface area contributed by atoms with Crippen LogP contribution in [0.3, 0.4) is 0 Å². The van der Waals surface area contributed by atoms with Crippen molar-refractivity contribution >= 4 is 15.9 Å². The lowest BCUT2D eigenvalue weighted by Crippen LogP contribution is -2.52. The molecule has 1 atom stereocenters. The average molecular weight is 371 g/mol. The van der Waals surface area contributed by atoms with E-state index in [9.17, 15) is 18.5 Å². The molecule has 1 amide bonds. The Hall–Kier alpha value is -2.89. The second kappa shape index (κ2) is 7.15. The Morgan fingerprint density at radius 1 is 1.19 bits per heavy atom. The third-order valence-corrected chi connectivity index (χ3v) is 6.12. The molecule has 134 valence electrons. The molecule has 0 bridgehead atoms. The first kappa shape index (κ1) is 17.9. The van der Waals surface area contributed by atoms with Crippen molar-refractivity contribution in [3.63, 3.8) is 0 Å². The molecular formula is C18H17N3O4S. The Labute approximate surface area is 151 Å². The summed E-state index contributed by atoms with van der Waals surface area (Å²) in [6, 6.07) is 13.5. The van der Waals surface area contributed by atoms with Gasteiger partial charge in [-0.25, -0.2) is 8.42 Å². The van der Waals surface area contributed by atoms with Gasteiger partial charge >= 0.3 is 0 Å². The van der Waals surface area contributed by atoms with Crippen molar-refractivity contribution < 1.29 is 17.9 Å². The molecule has 1 heterocycles. The number of carbonyl (C=O) groups is 1. The SMILES string of the molecule is COc1ccc(C2C(=O)NCCN2S(=O)(=O)c2ccccc2C#N)cc1. The number of piperazine rings is 1. The number of benzene rings is 2. The first-order valence-electron chi connectivity index (χ1n) is 7.91. The molecule has 1 saturated heterocycles. The van der Waals surface area contributed by atoms with E-state index in [0.717, 1.165) is 4.31 Å². The van der Waals surface area contributed by atoms with E-state index in [2.05, 4.69) is 5.32 Å². The number of rotatable bonds is 4. The second-order valence-electron chi connectivity index (χ2n) is 5.69. The monoisotopic (exact) mass is 371 g/mol. The van der Waals surface area contributed by atoms with Crippen molar-refractivity contribution in [2.75, 3.05) is 20.2 Å². The number of methoxy groups -OCH3 is 1. The van der Waals surface area contributed by atoms with Gasteiger partial charge in [0.1, 0.15) is 17.9 Å². The van der Waals surface area contributed by atoms with Gasteiger partial charge in [0.05, 0.1) is 17.6 Å². The minimum Gasteiger partial charge on any atom is -0.497 e. The van der Waals surface area contributed by atoms with Gasteiger partial charge in [-0.2, -0.15) is 9.57 Å². The van der Waals surface area contributed by atoms with E-state index in [-0.39, 0.29) is 23.5 Å². The lowest BCUT2D eigenvalue weighted by atomic mass is 10.0. The fourth-order valence-electron chi connectivity index (χ4n) is 2.92. The molecule has 1 aliphatic heterocycles. The van der Waals surface area contributed by atoms with Crippen LogP contribution in [0.25, 0.3) is 0 Å². The molecule has 8 heteroatoms. The number of carbonyl (C=O) groups excluding carboxylic acids is 1. The van der Waals surface area contributed by atoms with E-state index in [1.54, 1.807) is 36.4 Å². The van der Waals surface area contributed by atoms with Crippen LogP contribution in [0.2, 0.25) is 0 Å². The second-order valence-corrected chi connectivity index (χ2v) is 7.55. The fraction of sp³-hybridized carbons (Fsp3) is 0.222. The smallest absolute Gasteiger partial charge is 0.245 e. The Balaban J connectivity index is 2.08. The molecule has 2 aromatic carbocycles. The Kier molecular flexibility index (Phi) is 4.93. The lowest BCUT2D eigenvalue weighted by molar-refractivity contribution is -0.126. The summed E-state index contributed by atoms with van der Waals surface area (Å²) < 4.78 is 32.6. The molecule has 1 aliphatic rings. The van der Waals surface area contributed by atoms with Crippen LogP contribution < -0.4 is 10.1 Å². The van der Waals surface area contributed by atoms with E-state index in [4.69, 9.17) is 4.74 Å². The van der Waals surface area contributed by atoms with Crippen LogP contribution in [-0.4, -0.2) is 38.8 Å². The number of ether oxygens (including phenoxy) is 1. The minimum absolute atomic E-state index is 0.0481. The van der Waals surface area contributed by atoms with Gasteiger partial charge in [0.25, 0.3) is 0 Å². The molecule has 0 spiro atoms. The number of hydrogen-bond donors (Lipinski definition) is 1. The zero-order chi connectivity index (χ0) is 18.7. The summed E-state index contributed by atoms with van der Waals surface area (Å²) in [5, 5.41) is 11.9. The predicted molar refractivity (Wildman–Crippen MR) is 93.8 cm³/mol. The number of nitrogens with zero attached hydrogens (tertiary/aromatic N) is 2. The highest BCUT2D eigenvalue weighted by molar-refractivity contribution is 7.89. The van der Waals surface area contributed by atoms with Gasteiger partial charge in [-0.15, -0.1) is 0 Å². The molecule has 0 radical (unpaired) electrons. The molecule has 3 rings (SSSR count). The van der Waals surface area contributed by atoms with E-state index in [1.807, 2.05) is 6.07 Å². The van der Waals surface area contributed by atoms with Gasteiger partial charge < -0.3 is 10.1 Å². The summed E-state index contributed by atoms with van der Waals surface area (Å²) >= 11 is 0. The molecule has 1 unspecified atom stereocenters. The first-order chi connectivity index (χ1) is 12.5. The van der Waals surface area contributed by atoms with Crippen LogP contribution in [0.4, 0.5) is 0 Å². The molecule has 0 aliphatic carbocycles. The molecule has 0 aromatic heterocycles. The topological polar surface area (TPSA) is 99.5 Å². The molecular weight excluding hydrogens is 354 g/mol. The Morgan fingerprint density at radius 3 is 2.54 bits per heavy atom. The van der Waals surface area contributed by atoms with Gasteiger partial charge in [-0.3, -0.25) is 4.79 Å². The summed E-state index contributed by atoms with van der Waals surface area (Å²) in [7, 11) is -2.51. The maximum atomic E-state index is 13.2. The number of sulfonamides is 1. The van der Waals surface area contributed by atoms with Crippen LogP contribution in [0.15, 0.2) is 53.4 Å². The quantitative estimate of drug-likeness (QED) is 0.876. The maximum Gasteiger partial charge on any atom is 0.245 e. The minimum atomic E-state index is -4.03. The molecule has 1 fully saturated rings. The van der Waals surface area contributed by atoms with Crippen LogP contribution in [0.5, 0.6) is 5.75 Å². The van der Waals surface area contributed by atoms with E-state index < -0.39 is 22.0 Å². The Morgan fingerprint density at radius 2 is 1.88 bits per heavy atom. The largest absolute Gasteiger partial charge is 0.497 e. The summed E-state index contributed by atoms with van der Waals surface area (Å²) in [6.45, 7) is 0.323. The van der Waals surface area contributed by atoms with Crippen molar-refractivity contribution in [2.24, 2.45) is 0 Å². The third-order valence-electron chi connectivity index (χ3n) is 4.19. The van der Waals surface area contributed by atoms with Crippen LogP contribution in [0.1, 0.15) is 17.2 Å². The summed E-state index contributed by atoms with van der Waals surface area (Å²) in [4.78, 5) is 12.4. The highest BCUT2D eigenvalue weighted by atomic mass is 32.2. The highest BCUT2D eigenvalue weighted by Crippen LogP contribution is 2.31. The summed E-state index contributed by atoms with van der Waals surface area (Å²) in [5.41, 5.74) is 0.577. The van der Waals surface area contributed by atoms with Crippen LogP contribution >= 0.6 is 0 Å². The van der Waals surface area contributed by atoms with E-state index in [0.29, 0.717) is 11.3 Å². The maximum absolute atomic E-state index is 13.2. The van der Waals surface area contributed by atoms with Gasteiger partial charge in [0.15, 0.2) is 0 Å².